The summed E-state index contributed by atoms with van der Waals surface area (Å²) in [6.45, 7) is 1.98. The molecule has 4 nitrogen and oxygen atoms in total. The van der Waals surface area contributed by atoms with Gasteiger partial charge in [0.15, 0.2) is 0 Å². The highest BCUT2D eigenvalue weighted by Gasteiger charge is 2.01. The topological polar surface area (TPSA) is 52.6 Å². The molecule has 0 heterocycles. The Morgan fingerprint density at radius 2 is 2.38 bits per heavy atom. The quantitative estimate of drug-likeness (QED) is 0.377. The predicted octanol–water partition coefficient (Wildman–Crippen LogP) is 0.0369. The van der Waals surface area contributed by atoms with E-state index in [2.05, 4.69) is 5.32 Å². The number of carbonyl (C=O) groups is 1. The lowest BCUT2D eigenvalue weighted by Crippen LogP contribution is -2.34. The lowest BCUT2D eigenvalue weighted by molar-refractivity contribution is -0.0377. The van der Waals surface area contributed by atoms with Gasteiger partial charge in [0.05, 0.1) is 0 Å². The van der Waals surface area contributed by atoms with Gasteiger partial charge in [0.25, 0.3) is 0 Å². The first-order valence-electron chi connectivity index (χ1n) is 2.40. The first-order chi connectivity index (χ1) is 3.72. The molecular formula is C4H10N2O2. The van der Waals surface area contributed by atoms with Crippen LogP contribution in [0.4, 0.5) is 4.79 Å². The van der Waals surface area contributed by atoms with Crippen LogP contribution in [-0.2, 0) is 0 Å². The molecule has 0 rings (SSSR count). The molecule has 4 heteroatoms. The van der Waals surface area contributed by atoms with Crippen LogP contribution >= 0.6 is 0 Å². The van der Waals surface area contributed by atoms with Crippen molar-refractivity contribution in [2.45, 2.75) is 6.92 Å². The maximum Gasteiger partial charge on any atom is 0.340 e. The number of hydrogen-bond acceptors (Lipinski definition) is 2. The molecule has 0 spiro atoms. The van der Waals surface area contributed by atoms with Crippen molar-refractivity contribution in [2.24, 2.45) is 0 Å². The summed E-state index contributed by atoms with van der Waals surface area (Å²) < 4.78 is 0. The molecule has 0 aliphatic rings. The van der Waals surface area contributed by atoms with Crippen LogP contribution in [-0.4, -0.2) is 29.9 Å². The van der Waals surface area contributed by atoms with Gasteiger partial charge in [-0.2, -0.15) is 0 Å². The van der Waals surface area contributed by atoms with E-state index in [1.165, 1.54) is 7.05 Å². The normalized spacial score (nSPS) is 8.38. The van der Waals surface area contributed by atoms with Crippen molar-refractivity contribution in [3.63, 3.8) is 0 Å². The van der Waals surface area contributed by atoms with Crippen molar-refractivity contribution in [1.82, 2.24) is 10.4 Å². The molecule has 0 aromatic carbocycles. The predicted molar refractivity (Wildman–Crippen MR) is 28.6 cm³/mol. The van der Waals surface area contributed by atoms with E-state index in [0.29, 0.717) is 11.6 Å². The molecule has 0 radical (unpaired) electrons. The lowest BCUT2D eigenvalue weighted by atomic mass is 10.7. The molecule has 0 aromatic heterocycles. The van der Waals surface area contributed by atoms with Crippen molar-refractivity contribution in [3.05, 3.63) is 0 Å². The summed E-state index contributed by atoms with van der Waals surface area (Å²) in [6, 6.07) is -0.479. The van der Waals surface area contributed by atoms with Crippen LogP contribution in [0.3, 0.4) is 0 Å². The first kappa shape index (κ1) is 7.23. The SMILES string of the molecule is CCN(O)C(=O)NC. The molecule has 0 saturated carbocycles. The Bertz CT molecular complexity index is 84.1. The summed E-state index contributed by atoms with van der Waals surface area (Å²) in [6.07, 6.45) is 0. The van der Waals surface area contributed by atoms with Crippen LogP contribution in [0.25, 0.3) is 0 Å². The summed E-state index contributed by atoms with van der Waals surface area (Å²) in [5.41, 5.74) is 0. The standard InChI is InChI=1S/C4H10N2O2/c1-3-6(8)4(7)5-2/h8H,3H2,1-2H3,(H,5,7). The number of urea groups is 1. The minimum absolute atomic E-state index is 0.305. The van der Waals surface area contributed by atoms with Crippen LogP contribution in [0.2, 0.25) is 0 Å². The summed E-state index contributed by atoms with van der Waals surface area (Å²) in [5.74, 6) is 0. The average molecular weight is 118 g/mol. The monoisotopic (exact) mass is 118 g/mol. The van der Waals surface area contributed by atoms with Gasteiger partial charge in [0, 0.05) is 13.6 Å². The molecule has 0 saturated heterocycles. The molecule has 2 amide bonds. The van der Waals surface area contributed by atoms with E-state index in [0.717, 1.165) is 0 Å². The molecule has 0 aliphatic heterocycles. The maximum absolute atomic E-state index is 10.3. The largest absolute Gasteiger partial charge is 0.340 e. The van der Waals surface area contributed by atoms with Crippen molar-refractivity contribution in [3.8, 4) is 0 Å². The Hall–Kier alpha value is -0.770. The molecule has 2 N–H and O–H groups in total. The zero-order valence-corrected chi connectivity index (χ0v) is 5.01. The Labute approximate surface area is 48.1 Å². The summed E-state index contributed by atoms with van der Waals surface area (Å²) in [5, 5.41) is 11.4. The van der Waals surface area contributed by atoms with E-state index in [1.807, 2.05) is 0 Å². The molecule has 0 bridgehead atoms. The first-order valence-corrected chi connectivity index (χ1v) is 2.40. The second kappa shape index (κ2) is 3.26. The number of hydrogen-bond donors (Lipinski definition) is 2. The smallest absolute Gasteiger partial charge is 0.339 e. The molecule has 8 heavy (non-hydrogen) atoms. The van der Waals surface area contributed by atoms with E-state index in [4.69, 9.17) is 5.21 Å². The van der Waals surface area contributed by atoms with Gasteiger partial charge < -0.3 is 5.32 Å². The average Bonchev–Trinajstić information content (AvgIpc) is 1.84. The number of hydroxylamine groups is 2. The van der Waals surface area contributed by atoms with Gasteiger partial charge in [-0.25, -0.2) is 9.86 Å². The van der Waals surface area contributed by atoms with Gasteiger partial charge in [-0.1, -0.05) is 0 Å². The minimum atomic E-state index is -0.479. The Morgan fingerprint density at radius 1 is 1.88 bits per heavy atom. The van der Waals surface area contributed by atoms with E-state index < -0.39 is 6.03 Å². The number of carbonyl (C=O) groups excluding carboxylic acids is 1. The third-order valence-corrected chi connectivity index (χ3v) is 0.748. The highest BCUT2D eigenvalue weighted by molar-refractivity contribution is 5.72. The number of nitrogens with zero attached hydrogens (tertiary/aromatic N) is 1. The third-order valence-electron chi connectivity index (χ3n) is 0.748. The van der Waals surface area contributed by atoms with E-state index in [-0.39, 0.29) is 0 Å². The minimum Gasteiger partial charge on any atom is -0.339 e. The van der Waals surface area contributed by atoms with Gasteiger partial charge in [0.2, 0.25) is 0 Å². The third kappa shape index (κ3) is 1.79. The van der Waals surface area contributed by atoms with Gasteiger partial charge in [-0.3, -0.25) is 5.21 Å². The second-order valence-electron chi connectivity index (χ2n) is 1.27. The molecule has 0 atom stereocenters. The fourth-order valence-corrected chi connectivity index (χ4v) is 0.273. The van der Waals surface area contributed by atoms with Gasteiger partial charge in [-0.05, 0) is 6.92 Å². The molecule has 0 fully saturated rings. The van der Waals surface area contributed by atoms with Crippen molar-refractivity contribution >= 4 is 6.03 Å². The highest BCUT2D eigenvalue weighted by Crippen LogP contribution is 1.77. The zero-order valence-electron chi connectivity index (χ0n) is 5.01. The van der Waals surface area contributed by atoms with Gasteiger partial charge >= 0.3 is 6.03 Å². The van der Waals surface area contributed by atoms with Crippen molar-refractivity contribution < 1.29 is 10.0 Å². The number of rotatable bonds is 1. The van der Waals surface area contributed by atoms with Crippen LogP contribution in [0.5, 0.6) is 0 Å². The van der Waals surface area contributed by atoms with E-state index in [9.17, 15) is 4.79 Å². The fraction of sp³-hybridized carbons (Fsp3) is 0.750. The van der Waals surface area contributed by atoms with Crippen LogP contribution in [0, 0.1) is 0 Å². The Morgan fingerprint density at radius 3 is 2.50 bits per heavy atom. The molecule has 48 valence electrons. The van der Waals surface area contributed by atoms with E-state index in [1.54, 1.807) is 6.92 Å². The van der Waals surface area contributed by atoms with Crippen LogP contribution in [0.15, 0.2) is 0 Å². The zero-order chi connectivity index (χ0) is 6.57. The Kier molecular flexibility index (Phi) is 2.95. The van der Waals surface area contributed by atoms with Crippen molar-refractivity contribution in [1.29, 1.82) is 0 Å². The lowest BCUT2D eigenvalue weighted by Gasteiger charge is -2.09. The molecule has 0 unspecified atom stereocenters. The highest BCUT2D eigenvalue weighted by atomic mass is 16.5. The van der Waals surface area contributed by atoms with Gasteiger partial charge in [0.1, 0.15) is 0 Å². The summed E-state index contributed by atoms with van der Waals surface area (Å²) in [4.78, 5) is 10.3. The van der Waals surface area contributed by atoms with Crippen LogP contribution < -0.4 is 5.32 Å². The summed E-state index contributed by atoms with van der Waals surface area (Å²) in [7, 11) is 1.46. The number of amides is 2. The van der Waals surface area contributed by atoms with E-state index >= 15 is 0 Å². The Balaban J connectivity index is 3.46. The van der Waals surface area contributed by atoms with Gasteiger partial charge in [-0.15, -0.1) is 0 Å². The molecule has 0 aromatic rings. The maximum atomic E-state index is 10.3. The second-order valence-corrected chi connectivity index (χ2v) is 1.27. The van der Waals surface area contributed by atoms with Crippen LogP contribution in [0.1, 0.15) is 6.92 Å². The fourth-order valence-electron chi connectivity index (χ4n) is 0.273. The van der Waals surface area contributed by atoms with Crippen molar-refractivity contribution in [2.75, 3.05) is 13.6 Å². The number of nitrogens with one attached hydrogen (secondary N) is 1. The molecular weight excluding hydrogens is 108 g/mol. The molecule has 0 aliphatic carbocycles. The summed E-state index contributed by atoms with van der Waals surface area (Å²) >= 11 is 0.